The summed E-state index contributed by atoms with van der Waals surface area (Å²) < 4.78 is 6.06. The van der Waals surface area contributed by atoms with Gasteiger partial charge < -0.3 is 9.84 Å². The molecule has 2 nitrogen and oxygen atoms in total. The molecule has 0 fully saturated rings. The molecule has 1 atom stereocenters. The van der Waals surface area contributed by atoms with Crippen LogP contribution in [0.25, 0.3) is 0 Å². The van der Waals surface area contributed by atoms with Gasteiger partial charge >= 0.3 is 0 Å². The number of rotatable bonds is 6. The van der Waals surface area contributed by atoms with Crippen LogP contribution in [0.15, 0.2) is 36.4 Å². The summed E-state index contributed by atoms with van der Waals surface area (Å²) >= 11 is 0. The predicted octanol–water partition coefficient (Wildman–Crippen LogP) is 4.27. The first-order chi connectivity index (χ1) is 10.6. The quantitative estimate of drug-likeness (QED) is 0.863. The highest BCUT2D eigenvalue weighted by Crippen LogP contribution is 2.33. The second kappa shape index (κ2) is 7.57. The third kappa shape index (κ3) is 3.57. The Morgan fingerprint density at radius 2 is 1.68 bits per heavy atom. The molecular weight excluding hydrogens is 272 g/mol. The normalized spacial score (nSPS) is 12.4. The summed E-state index contributed by atoms with van der Waals surface area (Å²) in [5, 5.41) is 9.19. The molecule has 2 aromatic carbocycles. The van der Waals surface area contributed by atoms with E-state index in [0.29, 0.717) is 6.61 Å². The highest BCUT2D eigenvalue weighted by atomic mass is 16.5. The first-order valence-electron chi connectivity index (χ1n) is 7.96. The van der Waals surface area contributed by atoms with E-state index in [0.717, 1.165) is 6.42 Å². The zero-order valence-corrected chi connectivity index (χ0v) is 14.0. The molecule has 22 heavy (non-hydrogen) atoms. The highest BCUT2D eigenvalue weighted by molar-refractivity contribution is 5.45. The lowest BCUT2D eigenvalue weighted by molar-refractivity contribution is 0.0491. The van der Waals surface area contributed by atoms with Gasteiger partial charge in [-0.3, -0.25) is 0 Å². The number of aliphatic hydroxyl groups is 1. The van der Waals surface area contributed by atoms with E-state index in [9.17, 15) is 5.11 Å². The molecule has 0 aliphatic carbocycles. The zero-order chi connectivity index (χ0) is 16.1. The maximum absolute atomic E-state index is 9.19. The average Bonchev–Trinajstić information content (AvgIpc) is 2.49. The molecule has 0 radical (unpaired) electrons. The van der Waals surface area contributed by atoms with Gasteiger partial charge in [-0.25, -0.2) is 0 Å². The van der Waals surface area contributed by atoms with Gasteiger partial charge in [-0.05, 0) is 55.0 Å². The van der Waals surface area contributed by atoms with Crippen LogP contribution >= 0.6 is 0 Å². The maximum Gasteiger partial charge on any atom is 0.108 e. The standard InChI is InChI=1S/C20H26O2/c1-5-17-8-6-7-9-18(17)20(22-11-10-21)19-15(3)12-14(2)13-16(19)4/h6-9,12-13,20-21H,5,10-11H2,1-4H3. The van der Waals surface area contributed by atoms with Crippen LogP contribution in [0.3, 0.4) is 0 Å². The van der Waals surface area contributed by atoms with Crippen molar-refractivity contribution in [1.82, 2.24) is 0 Å². The van der Waals surface area contributed by atoms with Gasteiger partial charge in [-0.2, -0.15) is 0 Å². The second-order valence-corrected chi connectivity index (χ2v) is 5.84. The summed E-state index contributed by atoms with van der Waals surface area (Å²) in [5.74, 6) is 0. The Morgan fingerprint density at radius 1 is 1.05 bits per heavy atom. The second-order valence-electron chi connectivity index (χ2n) is 5.84. The first-order valence-corrected chi connectivity index (χ1v) is 7.96. The van der Waals surface area contributed by atoms with E-state index in [1.54, 1.807) is 0 Å². The Hall–Kier alpha value is -1.64. The van der Waals surface area contributed by atoms with Crippen LogP contribution in [0.1, 0.15) is 46.4 Å². The molecule has 0 saturated heterocycles. The molecule has 0 spiro atoms. The molecule has 0 bridgehead atoms. The first kappa shape index (κ1) is 16.7. The summed E-state index contributed by atoms with van der Waals surface area (Å²) in [6.45, 7) is 8.94. The summed E-state index contributed by atoms with van der Waals surface area (Å²) in [6, 6.07) is 12.8. The van der Waals surface area contributed by atoms with Crippen LogP contribution in [0.2, 0.25) is 0 Å². The molecule has 0 aromatic heterocycles. The largest absolute Gasteiger partial charge is 0.394 e. The molecule has 0 saturated carbocycles. The van der Waals surface area contributed by atoms with Crippen molar-refractivity contribution in [2.24, 2.45) is 0 Å². The molecule has 0 amide bonds. The Labute approximate surface area is 133 Å². The lowest BCUT2D eigenvalue weighted by atomic mass is 9.89. The number of benzene rings is 2. The number of hydrogen-bond donors (Lipinski definition) is 1. The summed E-state index contributed by atoms with van der Waals surface area (Å²) in [7, 11) is 0. The lowest BCUT2D eigenvalue weighted by Crippen LogP contribution is -2.14. The van der Waals surface area contributed by atoms with Crippen LogP contribution in [0, 0.1) is 20.8 Å². The third-order valence-corrected chi connectivity index (χ3v) is 4.09. The number of ether oxygens (including phenoxy) is 1. The minimum absolute atomic E-state index is 0.0365. The smallest absolute Gasteiger partial charge is 0.108 e. The van der Waals surface area contributed by atoms with Crippen LogP contribution < -0.4 is 0 Å². The van der Waals surface area contributed by atoms with Gasteiger partial charge in [-0.1, -0.05) is 48.9 Å². The molecule has 0 heterocycles. The number of aryl methyl sites for hydroxylation is 4. The molecule has 2 heteroatoms. The molecule has 1 N–H and O–H groups in total. The molecule has 2 rings (SSSR count). The fraction of sp³-hybridized carbons (Fsp3) is 0.400. The van der Waals surface area contributed by atoms with Crippen LogP contribution in [0.5, 0.6) is 0 Å². The number of hydrogen-bond acceptors (Lipinski definition) is 2. The van der Waals surface area contributed by atoms with Crippen molar-refractivity contribution in [1.29, 1.82) is 0 Å². The van der Waals surface area contributed by atoms with Gasteiger partial charge in [0, 0.05) is 0 Å². The fourth-order valence-corrected chi connectivity index (χ4v) is 3.22. The monoisotopic (exact) mass is 298 g/mol. The van der Waals surface area contributed by atoms with E-state index in [2.05, 4.69) is 64.1 Å². The van der Waals surface area contributed by atoms with Gasteiger partial charge in [0.05, 0.1) is 13.2 Å². The highest BCUT2D eigenvalue weighted by Gasteiger charge is 2.21. The van der Waals surface area contributed by atoms with E-state index >= 15 is 0 Å². The molecule has 2 aromatic rings. The minimum atomic E-state index is -0.121. The van der Waals surface area contributed by atoms with Crippen LogP contribution in [0.4, 0.5) is 0 Å². The molecule has 0 aliphatic rings. The van der Waals surface area contributed by atoms with Crippen molar-refractivity contribution < 1.29 is 9.84 Å². The predicted molar refractivity (Wildman–Crippen MR) is 91.4 cm³/mol. The van der Waals surface area contributed by atoms with Crippen molar-refractivity contribution >= 4 is 0 Å². The summed E-state index contributed by atoms with van der Waals surface area (Å²) in [6.07, 6.45) is 0.850. The molecule has 118 valence electrons. The van der Waals surface area contributed by atoms with Crippen molar-refractivity contribution in [3.05, 3.63) is 69.8 Å². The lowest BCUT2D eigenvalue weighted by Gasteiger charge is -2.25. The maximum atomic E-state index is 9.19. The van der Waals surface area contributed by atoms with Gasteiger partial charge in [0.15, 0.2) is 0 Å². The third-order valence-electron chi connectivity index (χ3n) is 4.09. The van der Waals surface area contributed by atoms with Crippen molar-refractivity contribution in [2.75, 3.05) is 13.2 Å². The molecule has 1 unspecified atom stereocenters. The Kier molecular flexibility index (Phi) is 5.76. The molecular formula is C20H26O2. The van der Waals surface area contributed by atoms with Gasteiger partial charge in [-0.15, -0.1) is 0 Å². The van der Waals surface area contributed by atoms with E-state index < -0.39 is 0 Å². The Morgan fingerprint density at radius 3 is 2.27 bits per heavy atom. The topological polar surface area (TPSA) is 29.5 Å². The van der Waals surface area contributed by atoms with Gasteiger partial charge in [0.25, 0.3) is 0 Å². The average molecular weight is 298 g/mol. The van der Waals surface area contributed by atoms with E-state index in [-0.39, 0.29) is 12.7 Å². The van der Waals surface area contributed by atoms with E-state index in [4.69, 9.17) is 4.74 Å². The van der Waals surface area contributed by atoms with Gasteiger partial charge in [0.1, 0.15) is 6.10 Å². The minimum Gasteiger partial charge on any atom is -0.394 e. The summed E-state index contributed by atoms with van der Waals surface area (Å²) in [4.78, 5) is 0. The Balaban J connectivity index is 2.56. The van der Waals surface area contributed by atoms with Crippen LogP contribution in [-0.2, 0) is 11.2 Å². The van der Waals surface area contributed by atoms with Gasteiger partial charge in [0.2, 0.25) is 0 Å². The molecule has 0 aliphatic heterocycles. The van der Waals surface area contributed by atoms with Crippen molar-refractivity contribution in [2.45, 2.75) is 40.2 Å². The van der Waals surface area contributed by atoms with Crippen molar-refractivity contribution in [3.63, 3.8) is 0 Å². The fourth-order valence-electron chi connectivity index (χ4n) is 3.22. The number of aliphatic hydroxyl groups excluding tert-OH is 1. The SMILES string of the molecule is CCc1ccccc1C(OCCO)c1c(C)cc(C)cc1C. The van der Waals surface area contributed by atoms with E-state index in [1.165, 1.54) is 33.4 Å². The van der Waals surface area contributed by atoms with Crippen LogP contribution in [-0.4, -0.2) is 18.3 Å². The summed E-state index contributed by atoms with van der Waals surface area (Å²) in [5.41, 5.74) is 7.47. The zero-order valence-electron chi connectivity index (χ0n) is 14.0. The van der Waals surface area contributed by atoms with E-state index in [1.807, 2.05) is 0 Å². The Bertz CT molecular complexity index is 608. The van der Waals surface area contributed by atoms with Crippen molar-refractivity contribution in [3.8, 4) is 0 Å².